The Morgan fingerprint density at radius 1 is 0.947 bits per heavy atom. The van der Waals surface area contributed by atoms with E-state index in [2.05, 4.69) is 14.9 Å². The molecule has 0 bridgehead atoms. The number of pyridine rings is 1. The molecule has 194 valence electrons. The molecule has 1 amide bonds. The molecular formula is C29H27N3O6. The topological polar surface area (TPSA) is 104 Å². The van der Waals surface area contributed by atoms with Crippen molar-refractivity contribution in [2.75, 3.05) is 20.2 Å². The zero-order valence-corrected chi connectivity index (χ0v) is 20.9. The maximum Gasteiger partial charge on any atom is 0.376 e. The summed E-state index contributed by atoms with van der Waals surface area (Å²) in [5.41, 5.74) is 2.88. The van der Waals surface area contributed by atoms with Crippen molar-refractivity contribution in [3.05, 3.63) is 107 Å². The summed E-state index contributed by atoms with van der Waals surface area (Å²) >= 11 is 0. The fraction of sp³-hybridized carbons (Fsp3) is 0.241. The number of hydrogen-bond donors (Lipinski definition) is 0. The van der Waals surface area contributed by atoms with Gasteiger partial charge in [-0.3, -0.25) is 4.79 Å². The molecule has 9 heteroatoms. The van der Waals surface area contributed by atoms with Crippen LogP contribution in [0, 0.1) is 0 Å². The summed E-state index contributed by atoms with van der Waals surface area (Å²) in [5, 5.41) is 3.99. The first-order valence-corrected chi connectivity index (χ1v) is 12.3. The van der Waals surface area contributed by atoms with Gasteiger partial charge >= 0.3 is 5.97 Å². The summed E-state index contributed by atoms with van der Waals surface area (Å²) in [7, 11) is 1.28. The molecule has 1 unspecified atom stereocenters. The van der Waals surface area contributed by atoms with Gasteiger partial charge < -0.3 is 23.6 Å². The van der Waals surface area contributed by atoms with Gasteiger partial charge in [-0.05, 0) is 17.5 Å². The minimum atomic E-state index is -0.587. The first kappa shape index (κ1) is 25.0. The Morgan fingerprint density at radius 2 is 1.61 bits per heavy atom. The van der Waals surface area contributed by atoms with Crippen LogP contribution in [0.3, 0.4) is 0 Å². The molecular weight excluding hydrogens is 486 g/mol. The summed E-state index contributed by atoms with van der Waals surface area (Å²) in [4.78, 5) is 31.1. The molecule has 1 saturated heterocycles. The van der Waals surface area contributed by atoms with Crippen LogP contribution in [0.2, 0.25) is 0 Å². The standard InChI is InChI=1S/C29H27N3O6/c1-35-29(34)26-14-23(31-38-26)22-12-13-32(17-22)28(33)24-15-25(36-18-20-8-4-2-5-9-20)27(16-30-24)37-19-21-10-6-3-7-11-21/h2-11,14-16,22H,12-13,17-19H2,1H3. The van der Waals surface area contributed by atoms with Gasteiger partial charge in [0.1, 0.15) is 18.9 Å². The number of methoxy groups -OCH3 is 1. The average Bonchev–Trinajstić information content (AvgIpc) is 3.66. The molecule has 1 fully saturated rings. The van der Waals surface area contributed by atoms with Gasteiger partial charge in [-0.1, -0.05) is 65.8 Å². The van der Waals surface area contributed by atoms with E-state index in [0.29, 0.717) is 49.9 Å². The van der Waals surface area contributed by atoms with Crippen LogP contribution >= 0.6 is 0 Å². The number of esters is 1. The van der Waals surface area contributed by atoms with Crippen LogP contribution in [0.15, 0.2) is 83.5 Å². The molecule has 38 heavy (non-hydrogen) atoms. The van der Waals surface area contributed by atoms with Crippen molar-refractivity contribution >= 4 is 11.9 Å². The molecule has 0 aliphatic carbocycles. The fourth-order valence-corrected chi connectivity index (χ4v) is 4.26. The maximum absolute atomic E-state index is 13.3. The third-order valence-corrected chi connectivity index (χ3v) is 6.33. The highest BCUT2D eigenvalue weighted by Gasteiger charge is 2.31. The minimum absolute atomic E-state index is 0.0419. The van der Waals surface area contributed by atoms with Gasteiger partial charge in [0.2, 0.25) is 5.76 Å². The SMILES string of the molecule is COC(=O)c1cc(C2CCN(C(=O)c3cc(OCc4ccccc4)c(OCc4ccccc4)cn3)C2)no1. The van der Waals surface area contributed by atoms with E-state index in [1.807, 2.05) is 60.7 Å². The lowest BCUT2D eigenvalue weighted by Gasteiger charge is -2.18. The van der Waals surface area contributed by atoms with E-state index < -0.39 is 5.97 Å². The van der Waals surface area contributed by atoms with E-state index in [1.165, 1.54) is 13.3 Å². The normalized spacial score (nSPS) is 14.8. The van der Waals surface area contributed by atoms with Gasteiger partial charge in [0.05, 0.1) is 19.0 Å². The molecule has 4 aromatic rings. The van der Waals surface area contributed by atoms with Gasteiger partial charge in [0.25, 0.3) is 5.91 Å². The minimum Gasteiger partial charge on any atom is -0.485 e. The second-order valence-corrected chi connectivity index (χ2v) is 8.91. The summed E-state index contributed by atoms with van der Waals surface area (Å²) in [5.74, 6) is 0.0835. The Morgan fingerprint density at radius 3 is 2.26 bits per heavy atom. The number of ether oxygens (including phenoxy) is 3. The third-order valence-electron chi connectivity index (χ3n) is 6.33. The monoisotopic (exact) mass is 513 g/mol. The van der Waals surface area contributed by atoms with Gasteiger partial charge in [0.15, 0.2) is 11.5 Å². The number of carbonyl (C=O) groups is 2. The predicted molar refractivity (Wildman–Crippen MR) is 137 cm³/mol. The second kappa shape index (κ2) is 11.6. The van der Waals surface area contributed by atoms with Crippen LogP contribution in [-0.4, -0.2) is 47.1 Å². The first-order valence-electron chi connectivity index (χ1n) is 12.3. The molecule has 0 spiro atoms. The zero-order valence-electron chi connectivity index (χ0n) is 20.9. The van der Waals surface area contributed by atoms with Crippen LogP contribution in [0.1, 0.15) is 50.2 Å². The summed E-state index contributed by atoms with van der Waals surface area (Å²) in [6.07, 6.45) is 2.22. The van der Waals surface area contributed by atoms with Crippen LogP contribution < -0.4 is 9.47 Å². The van der Waals surface area contributed by atoms with Crippen LogP contribution in [0.4, 0.5) is 0 Å². The Hall–Kier alpha value is -4.66. The van der Waals surface area contributed by atoms with Crippen molar-refractivity contribution in [2.24, 2.45) is 0 Å². The first-order chi connectivity index (χ1) is 18.6. The molecule has 2 aromatic heterocycles. The highest BCUT2D eigenvalue weighted by Crippen LogP contribution is 2.31. The number of benzene rings is 2. The lowest BCUT2D eigenvalue weighted by atomic mass is 10.1. The van der Waals surface area contributed by atoms with Crippen molar-refractivity contribution in [3.63, 3.8) is 0 Å². The summed E-state index contributed by atoms with van der Waals surface area (Å²) in [6.45, 7) is 1.62. The van der Waals surface area contributed by atoms with Gasteiger partial charge in [-0.25, -0.2) is 9.78 Å². The maximum atomic E-state index is 13.3. The number of carbonyl (C=O) groups excluding carboxylic acids is 2. The molecule has 1 aliphatic heterocycles. The smallest absolute Gasteiger partial charge is 0.376 e. The lowest BCUT2D eigenvalue weighted by Crippen LogP contribution is -2.29. The Balaban J connectivity index is 1.31. The van der Waals surface area contributed by atoms with Gasteiger partial charge in [-0.2, -0.15) is 0 Å². The summed E-state index contributed by atoms with van der Waals surface area (Å²) in [6, 6.07) is 22.8. The molecule has 9 nitrogen and oxygen atoms in total. The van der Waals surface area contributed by atoms with Gasteiger partial charge in [-0.15, -0.1) is 0 Å². The second-order valence-electron chi connectivity index (χ2n) is 8.91. The fourth-order valence-electron chi connectivity index (χ4n) is 4.26. The number of amides is 1. The van der Waals surface area contributed by atoms with E-state index in [9.17, 15) is 9.59 Å². The molecule has 5 rings (SSSR count). The predicted octanol–water partition coefficient (Wildman–Crippen LogP) is 4.64. The Kier molecular flexibility index (Phi) is 7.63. The van der Waals surface area contributed by atoms with Crippen molar-refractivity contribution in [1.82, 2.24) is 15.0 Å². The molecule has 0 radical (unpaired) electrons. The Labute approximate surface area is 219 Å². The van der Waals surface area contributed by atoms with Crippen LogP contribution in [-0.2, 0) is 18.0 Å². The number of likely N-dealkylation sites (tertiary alicyclic amines) is 1. The molecule has 0 N–H and O–H groups in total. The number of rotatable bonds is 9. The molecule has 0 saturated carbocycles. The Bertz CT molecular complexity index is 1390. The molecule has 2 aromatic carbocycles. The van der Waals surface area contributed by atoms with Crippen LogP contribution in [0.25, 0.3) is 0 Å². The van der Waals surface area contributed by atoms with E-state index in [-0.39, 0.29) is 23.3 Å². The zero-order chi connectivity index (χ0) is 26.3. The van der Waals surface area contributed by atoms with E-state index in [0.717, 1.165) is 11.1 Å². The number of hydrogen-bond acceptors (Lipinski definition) is 8. The van der Waals surface area contributed by atoms with E-state index >= 15 is 0 Å². The highest BCUT2D eigenvalue weighted by atomic mass is 16.5. The molecule has 3 heterocycles. The van der Waals surface area contributed by atoms with E-state index in [1.54, 1.807) is 17.0 Å². The quantitative estimate of drug-likeness (QED) is 0.298. The van der Waals surface area contributed by atoms with Crippen molar-refractivity contribution < 1.29 is 28.3 Å². The third kappa shape index (κ3) is 5.83. The van der Waals surface area contributed by atoms with Crippen molar-refractivity contribution in [1.29, 1.82) is 0 Å². The lowest BCUT2D eigenvalue weighted by molar-refractivity contribution is 0.0554. The summed E-state index contributed by atoms with van der Waals surface area (Å²) < 4.78 is 21.9. The van der Waals surface area contributed by atoms with Gasteiger partial charge in [0, 0.05) is 31.1 Å². The van der Waals surface area contributed by atoms with E-state index in [4.69, 9.17) is 14.0 Å². The largest absolute Gasteiger partial charge is 0.485 e. The van der Waals surface area contributed by atoms with Crippen LogP contribution in [0.5, 0.6) is 11.5 Å². The number of aromatic nitrogens is 2. The average molecular weight is 514 g/mol. The molecule has 1 atom stereocenters. The number of nitrogens with zero attached hydrogens (tertiary/aromatic N) is 3. The highest BCUT2D eigenvalue weighted by molar-refractivity contribution is 5.93. The van der Waals surface area contributed by atoms with Crippen molar-refractivity contribution in [3.8, 4) is 11.5 Å². The molecule has 1 aliphatic rings. The van der Waals surface area contributed by atoms with Crippen molar-refractivity contribution in [2.45, 2.75) is 25.6 Å².